The normalized spacial score (nSPS) is 19.8. The summed E-state index contributed by atoms with van der Waals surface area (Å²) >= 11 is 0. The van der Waals surface area contributed by atoms with Gasteiger partial charge in [-0.1, -0.05) is 62.2 Å². The molecule has 0 aliphatic carbocycles. The highest BCUT2D eigenvalue weighted by Gasteiger charge is 2.43. The Morgan fingerprint density at radius 1 is 1.06 bits per heavy atom. The standard InChI is InChI=1S/C23H25N3O4S/c1-2-3-9-14-26-18(15-16-10-5-4-6-11-16)21(27)20(23(26)28)22-24-17-12-7-8-13-19(17)31(29,30)25-22/h4-8,10-13,18,27H,2-3,9,14-15H2,1H3,(H,24,25). The Kier molecular flexibility index (Phi) is 5.82. The quantitative estimate of drug-likeness (QED) is 0.642. The molecule has 0 bridgehead atoms. The van der Waals surface area contributed by atoms with E-state index in [4.69, 9.17) is 0 Å². The minimum absolute atomic E-state index is 0.0462. The van der Waals surface area contributed by atoms with Gasteiger partial charge in [-0.05, 0) is 24.1 Å². The van der Waals surface area contributed by atoms with Gasteiger partial charge >= 0.3 is 0 Å². The Bertz CT molecular complexity index is 1160. The number of amides is 1. The molecule has 2 aliphatic rings. The Labute approximate surface area is 182 Å². The van der Waals surface area contributed by atoms with Gasteiger partial charge in [0.2, 0.25) is 0 Å². The summed E-state index contributed by atoms with van der Waals surface area (Å²) in [6.45, 7) is 2.56. The zero-order valence-electron chi connectivity index (χ0n) is 17.3. The van der Waals surface area contributed by atoms with E-state index in [1.54, 1.807) is 23.1 Å². The molecule has 162 valence electrons. The summed E-state index contributed by atoms with van der Waals surface area (Å²) in [5.41, 5.74) is 1.24. The van der Waals surface area contributed by atoms with Crippen molar-refractivity contribution in [1.82, 2.24) is 4.90 Å². The topological polar surface area (TPSA) is 99.1 Å². The van der Waals surface area contributed by atoms with Gasteiger partial charge in [0.1, 0.15) is 16.2 Å². The molecule has 1 amide bonds. The highest BCUT2D eigenvalue weighted by Crippen LogP contribution is 2.33. The molecule has 1 unspecified atom stereocenters. The average molecular weight is 440 g/mol. The first-order valence-corrected chi connectivity index (χ1v) is 11.9. The monoisotopic (exact) mass is 439 g/mol. The van der Waals surface area contributed by atoms with Crippen molar-refractivity contribution in [2.45, 2.75) is 43.5 Å². The van der Waals surface area contributed by atoms with E-state index in [9.17, 15) is 18.3 Å². The molecular formula is C23H25N3O4S. The fourth-order valence-corrected chi connectivity index (χ4v) is 5.11. The molecule has 4 rings (SSSR count). The van der Waals surface area contributed by atoms with Crippen LogP contribution in [0.5, 0.6) is 0 Å². The third kappa shape index (κ3) is 4.07. The maximum absolute atomic E-state index is 13.3. The zero-order chi connectivity index (χ0) is 22.0. The Morgan fingerprint density at radius 3 is 2.52 bits per heavy atom. The zero-order valence-corrected chi connectivity index (χ0v) is 18.1. The highest BCUT2D eigenvalue weighted by atomic mass is 32.2. The van der Waals surface area contributed by atoms with Gasteiger partial charge in [0.15, 0.2) is 5.84 Å². The SMILES string of the molecule is CCCCCN1C(=O)C(C2=NS(=O)(=O)c3ccccc3N2)=C(O)C1Cc1ccccc1. The van der Waals surface area contributed by atoms with E-state index in [0.29, 0.717) is 18.7 Å². The molecule has 0 aromatic heterocycles. The van der Waals surface area contributed by atoms with Crippen molar-refractivity contribution in [3.8, 4) is 0 Å². The van der Waals surface area contributed by atoms with Crippen molar-refractivity contribution in [1.29, 1.82) is 0 Å². The summed E-state index contributed by atoms with van der Waals surface area (Å²) in [4.78, 5) is 15.0. The number of unbranched alkanes of at least 4 members (excludes halogenated alkanes) is 2. The van der Waals surface area contributed by atoms with Crippen LogP contribution < -0.4 is 5.32 Å². The number of nitrogens with zero attached hydrogens (tertiary/aromatic N) is 2. The molecule has 0 fully saturated rings. The second-order valence-electron chi connectivity index (χ2n) is 7.71. The van der Waals surface area contributed by atoms with Crippen LogP contribution in [-0.4, -0.2) is 42.8 Å². The molecule has 2 heterocycles. The molecule has 2 N–H and O–H groups in total. The van der Waals surface area contributed by atoms with E-state index < -0.39 is 22.0 Å². The molecule has 1 atom stereocenters. The van der Waals surface area contributed by atoms with Crippen LogP contribution >= 0.6 is 0 Å². The van der Waals surface area contributed by atoms with Crippen molar-refractivity contribution >= 4 is 27.5 Å². The summed E-state index contributed by atoms with van der Waals surface area (Å²) in [5, 5.41) is 14.0. The number of benzene rings is 2. The molecule has 2 aromatic rings. The largest absolute Gasteiger partial charge is 0.509 e. The number of fused-ring (bicyclic) bond motifs is 1. The van der Waals surface area contributed by atoms with Gasteiger partial charge in [0.05, 0.1) is 11.7 Å². The van der Waals surface area contributed by atoms with E-state index >= 15 is 0 Å². The predicted octanol–water partition coefficient (Wildman–Crippen LogP) is 3.66. The van der Waals surface area contributed by atoms with Crippen LogP contribution in [-0.2, 0) is 21.2 Å². The first-order chi connectivity index (χ1) is 14.9. The number of anilines is 1. The third-order valence-corrected chi connectivity index (χ3v) is 6.90. The van der Waals surface area contributed by atoms with Gasteiger partial charge in [-0.25, -0.2) is 0 Å². The van der Waals surface area contributed by atoms with Gasteiger partial charge in [-0.3, -0.25) is 4.79 Å². The van der Waals surface area contributed by atoms with Gasteiger partial charge < -0.3 is 15.3 Å². The molecule has 2 aliphatic heterocycles. The molecule has 8 heteroatoms. The molecule has 31 heavy (non-hydrogen) atoms. The lowest BCUT2D eigenvalue weighted by molar-refractivity contribution is -0.126. The fraction of sp³-hybridized carbons (Fsp3) is 0.304. The van der Waals surface area contributed by atoms with Gasteiger partial charge in [0.25, 0.3) is 15.9 Å². The average Bonchev–Trinajstić information content (AvgIpc) is 2.98. The summed E-state index contributed by atoms with van der Waals surface area (Å²) in [5.74, 6) is -0.682. The van der Waals surface area contributed by atoms with Gasteiger partial charge in [-0.15, -0.1) is 4.40 Å². The summed E-state index contributed by atoms with van der Waals surface area (Å²) in [7, 11) is -3.98. The molecule has 7 nitrogen and oxygen atoms in total. The van der Waals surface area contributed by atoms with Crippen LogP contribution in [0.15, 0.2) is 75.2 Å². The minimum Gasteiger partial charge on any atom is -0.509 e. The van der Waals surface area contributed by atoms with Crippen molar-refractivity contribution in [3.05, 3.63) is 71.5 Å². The number of hydrogen-bond acceptors (Lipinski definition) is 5. The first-order valence-electron chi connectivity index (χ1n) is 10.4. The van der Waals surface area contributed by atoms with Crippen LogP contribution in [0.3, 0.4) is 0 Å². The summed E-state index contributed by atoms with van der Waals surface area (Å²) in [6.07, 6.45) is 3.19. The second kappa shape index (κ2) is 8.55. The van der Waals surface area contributed by atoms with Crippen LogP contribution in [0.25, 0.3) is 0 Å². The van der Waals surface area contributed by atoms with E-state index in [2.05, 4.69) is 16.6 Å². The molecule has 0 saturated heterocycles. The lowest BCUT2D eigenvalue weighted by atomic mass is 10.0. The Balaban J connectivity index is 1.72. The number of nitrogens with one attached hydrogen (secondary N) is 1. The number of para-hydroxylation sites is 1. The smallest absolute Gasteiger partial charge is 0.286 e. The highest BCUT2D eigenvalue weighted by molar-refractivity contribution is 7.90. The first kappa shape index (κ1) is 21.1. The van der Waals surface area contributed by atoms with E-state index in [0.717, 1.165) is 24.8 Å². The molecular weight excluding hydrogens is 414 g/mol. The number of carbonyl (C=O) groups is 1. The number of amidine groups is 1. The molecule has 2 aromatic carbocycles. The van der Waals surface area contributed by atoms with Gasteiger partial charge in [-0.2, -0.15) is 8.42 Å². The van der Waals surface area contributed by atoms with Gasteiger partial charge in [0, 0.05) is 13.0 Å². The van der Waals surface area contributed by atoms with Crippen molar-refractivity contribution in [2.75, 3.05) is 11.9 Å². The maximum Gasteiger partial charge on any atom is 0.286 e. The minimum atomic E-state index is -3.98. The van der Waals surface area contributed by atoms with E-state index in [1.807, 2.05) is 30.3 Å². The predicted molar refractivity (Wildman–Crippen MR) is 120 cm³/mol. The van der Waals surface area contributed by atoms with E-state index in [-0.39, 0.29) is 22.1 Å². The number of aliphatic hydroxyl groups is 1. The maximum atomic E-state index is 13.3. The van der Waals surface area contributed by atoms with Crippen LogP contribution in [0.2, 0.25) is 0 Å². The number of hydrogen-bond donors (Lipinski definition) is 2. The molecule has 0 radical (unpaired) electrons. The van der Waals surface area contributed by atoms with Crippen LogP contribution in [0, 0.1) is 0 Å². The number of rotatable bonds is 7. The lowest BCUT2D eigenvalue weighted by Gasteiger charge is -2.25. The number of carbonyl (C=O) groups excluding carboxylic acids is 1. The Morgan fingerprint density at radius 2 is 1.77 bits per heavy atom. The Hall–Kier alpha value is -3.13. The molecule has 0 saturated carbocycles. The second-order valence-corrected chi connectivity index (χ2v) is 9.28. The summed E-state index contributed by atoms with van der Waals surface area (Å²) in [6, 6.07) is 15.4. The van der Waals surface area contributed by atoms with Crippen molar-refractivity contribution in [3.63, 3.8) is 0 Å². The fourth-order valence-electron chi connectivity index (χ4n) is 3.99. The lowest BCUT2D eigenvalue weighted by Crippen LogP contribution is -2.39. The number of aliphatic hydroxyl groups excluding tert-OH is 1. The third-order valence-electron chi connectivity index (χ3n) is 5.56. The molecule has 0 spiro atoms. The van der Waals surface area contributed by atoms with Crippen LogP contribution in [0.4, 0.5) is 5.69 Å². The van der Waals surface area contributed by atoms with Crippen molar-refractivity contribution in [2.24, 2.45) is 4.40 Å². The van der Waals surface area contributed by atoms with E-state index in [1.165, 1.54) is 6.07 Å². The summed E-state index contributed by atoms with van der Waals surface area (Å²) < 4.78 is 29.1. The van der Waals surface area contributed by atoms with Crippen molar-refractivity contribution < 1.29 is 18.3 Å². The number of sulfonamides is 1. The van der Waals surface area contributed by atoms with Crippen LogP contribution in [0.1, 0.15) is 31.7 Å².